The standard InChI is InChI=1S/C19H21ClN2O3S/c1-13-9-14-10-17(11-18(20)19(14)25-13)26(23,24)22-8-7-16(12-22)21-15-5-3-2-4-6-15/h2-6,10-11,13,16,21H,7-9,12H2,1H3/t13-,16-/m1/s1. The Bertz CT molecular complexity index is 918. The van der Waals surface area contributed by atoms with Crippen molar-refractivity contribution in [1.29, 1.82) is 0 Å². The van der Waals surface area contributed by atoms with E-state index >= 15 is 0 Å². The molecule has 2 heterocycles. The lowest BCUT2D eigenvalue weighted by Gasteiger charge is -2.18. The van der Waals surface area contributed by atoms with Crippen molar-refractivity contribution in [2.24, 2.45) is 0 Å². The summed E-state index contributed by atoms with van der Waals surface area (Å²) in [6.07, 6.45) is 1.47. The van der Waals surface area contributed by atoms with Crippen LogP contribution in [0, 0.1) is 0 Å². The van der Waals surface area contributed by atoms with Crippen LogP contribution in [0.1, 0.15) is 18.9 Å². The molecule has 0 aliphatic carbocycles. The summed E-state index contributed by atoms with van der Waals surface area (Å²) in [7, 11) is -3.57. The quantitative estimate of drug-likeness (QED) is 0.864. The highest BCUT2D eigenvalue weighted by Crippen LogP contribution is 2.39. The van der Waals surface area contributed by atoms with Crippen LogP contribution in [0.25, 0.3) is 0 Å². The molecule has 0 saturated carbocycles. The summed E-state index contributed by atoms with van der Waals surface area (Å²) in [5.41, 5.74) is 1.87. The monoisotopic (exact) mass is 392 g/mol. The molecule has 1 saturated heterocycles. The molecule has 1 fully saturated rings. The molecule has 2 aromatic rings. The van der Waals surface area contributed by atoms with Crippen molar-refractivity contribution in [2.45, 2.75) is 36.8 Å². The van der Waals surface area contributed by atoms with Crippen LogP contribution in [-0.4, -0.2) is 38.0 Å². The lowest BCUT2D eigenvalue weighted by molar-refractivity contribution is 0.255. The van der Waals surface area contributed by atoms with Gasteiger partial charge in [-0.3, -0.25) is 0 Å². The van der Waals surface area contributed by atoms with Crippen molar-refractivity contribution >= 4 is 27.3 Å². The maximum absolute atomic E-state index is 13.1. The van der Waals surface area contributed by atoms with Gasteiger partial charge in [-0.15, -0.1) is 0 Å². The van der Waals surface area contributed by atoms with Gasteiger partial charge in [0.15, 0.2) is 0 Å². The Balaban J connectivity index is 1.53. The Morgan fingerprint density at radius 3 is 2.77 bits per heavy atom. The fraction of sp³-hybridized carbons (Fsp3) is 0.368. The van der Waals surface area contributed by atoms with Gasteiger partial charge in [-0.05, 0) is 37.6 Å². The molecular weight excluding hydrogens is 372 g/mol. The summed E-state index contributed by atoms with van der Waals surface area (Å²) in [5, 5.41) is 3.77. The second-order valence-electron chi connectivity index (χ2n) is 6.88. The minimum atomic E-state index is -3.57. The molecule has 0 spiro atoms. The van der Waals surface area contributed by atoms with E-state index in [2.05, 4.69) is 5.32 Å². The first-order chi connectivity index (χ1) is 12.4. The number of hydrogen-bond donors (Lipinski definition) is 1. The topological polar surface area (TPSA) is 58.6 Å². The first-order valence-electron chi connectivity index (χ1n) is 8.74. The van der Waals surface area contributed by atoms with Crippen LogP contribution in [0.2, 0.25) is 5.02 Å². The third-order valence-corrected chi connectivity index (χ3v) is 6.98. The zero-order valence-electron chi connectivity index (χ0n) is 14.5. The molecule has 4 rings (SSSR count). The van der Waals surface area contributed by atoms with Crippen LogP contribution in [0.15, 0.2) is 47.4 Å². The number of ether oxygens (including phenoxy) is 1. The highest BCUT2D eigenvalue weighted by Gasteiger charge is 2.34. The number of halogens is 1. The molecule has 2 aromatic carbocycles. The van der Waals surface area contributed by atoms with Gasteiger partial charge in [0.1, 0.15) is 11.9 Å². The Hall–Kier alpha value is -1.76. The smallest absolute Gasteiger partial charge is 0.243 e. The summed E-state index contributed by atoms with van der Waals surface area (Å²) >= 11 is 6.27. The molecule has 2 atom stereocenters. The first-order valence-corrected chi connectivity index (χ1v) is 10.6. The molecule has 0 unspecified atom stereocenters. The predicted octanol–water partition coefficient (Wildman–Crippen LogP) is 3.54. The van der Waals surface area contributed by atoms with Crippen LogP contribution in [0.5, 0.6) is 5.75 Å². The summed E-state index contributed by atoms with van der Waals surface area (Å²) in [6.45, 7) is 2.89. The van der Waals surface area contributed by atoms with E-state index in [1.165, 1.54) is 10.4 Å². The summed E-state index contributed by atoms with van der Waals surface area (Å²) in [5.74, 6) is 0.614. The van der Waals surface area contributed by atoms with E-state index in [0.29, 0.717) is 30.3 Å². The van der Waals surface area contributed by atoms with Crippen LogP contribution >= 0.6 is 11.6 Å². The number of nitrogens with one attached hydrogen (secondary N) is 1. The van der Waals surface area contributed by atoms with Gasteiger partial charge in [-0.25, -0.2) is 8.42 Å². The Labute approximate surface area is 159 Å². The first kappa shape index (κ1) is 17.6. The van der Waals surface area contributed by atoms with Crippen LogP contribution in [0.3, 0.4) is 0 Å². The van der Waals surface area contributed by atoms with Crippen LogP contribution in [0.4, 0.5) is 5.69 Å². The number of rotatable bonds is 4. The van der Waals surface area contributed by atoms with Crippen molar-refractivity contribution in [2.75, 3.05) is 18.4 Å². The molecule has 2 aliphatic heterocycles. The second kappa shape index (κ2) is 6.76. The SMILES string of the molecule is C[C@@H]1Cc2cc(S(=O)(=O)N3CC[C@@H](Nc4ccccc4)C3)cc(Cl)c2O1. The number of sulfonamides is 1. The molecule has 0 amide bonds. The molecule has 0 radical (unpaired) electrons. The zero-order valence-corrected chi connectivity index (χ0v) is 16.1. The van der Waals surface area contributed by atoms with Gasteiger partial charge < -0.3 is 10.1 Å². The van der Waals surface area contributed by atoms with Crippen LogP contribution in [-0.2, 0) is 16.4 Å². The normalized spacial score (nSPS) is 22.8. The Morgan fingerprint density at radius 2 is 2.00 bits per heavy atom. The maximum atomic E-state index is 13.1. The summed E-state index contributed by atoms with van der Waals surface area (Å²) < 4.78 is 33.3. The van der Waals surface area contributed by atoms with Gasteiger partial charge in [0.25, 0.3) is 0 Å². The molecule has 5 nitrogen and oxygen atoms in total. The van der Waals surface area contributed by atoms with E-state index in [1.807, 2.05) is 37.3 Å². The molecule has 0 bridgehead atoms. The Kier molecular flexibility index (Phi) is 4.59. The minimum Gasteiger partial charge on any atom is -0.489 e. The van der Waals surface area contributed by atoms with Crippen molar-refractivity contribution in [1.82, 2.24) is 4.31 Å². The molecule has 26 heavy (non-hydrogen) atoms. The lowest BCUT2D eigenvalue weighted by atomic mass is 10.1. The second-order valence-corrected chi connectivity index (χ2v) is 9.23. The number of hydrogen-bond acceptors (Lipinski definition) is 4. The van der Waals surface area contributed by atoms with Gasteiger partial charge in [-0.1, -0.05) is 29.8 Å². The maximum Gasteiger partial charge on any atom is 0.243 e. The third kappa shape index (κ3) is 3.29. The molecule has 138 valence electrons. The number of para-hydroxylation sites is 1. The number of benzene rings is 2. The lowest BCUT2D eigenvalue weighted by Crippen LogP contribution is -2.31. The van der Waals surface area contributed by atoms with E-state index < -0.39 is 10.0 Å². The highest BCUT2D eigenvalue weighted by molar-refractivity contribution is 7.89. The van der Waals surface area contributed by atoms with Crippen LogP contribution < -0.4 is 10.1 Å². The van der Waals surface area contributed by atoms with Crippen molar-refractivity contribution in [3.63, 3.8) is 0 Å². The molecular formula is C19H21ClN2O3S. The van der Waals surface area contributed by atoms with Gasteiger partial charge in [0.2, 0.25) is 10.0 Å². The van der Waals surface area contributed by atoms with E-state index in [9.17, 15) is 8.42 Å². The van der Waals surface area contributed by atoms with Crippen molar-refractivity contribution in [3.05, 3.63) is 53.1 Å². The highest BCUT2D eigenvalue weighted by atomic mass is 35.5. The summed E-state index contributed by atoms with van der Waals surface area (Å²) in [6, 6.07) is 13.2. The number of nitrogens with zero attached hydrogens (tertiary/aromatic N) is 1. The van der Waals surface area contributed by atoms with Crippen molar-refractivity contribution in [3.8, 4) is 5.75 Å². The largest absolute Gasteiger partial charge is 0.489 e. The molecule has 1 N–H and O–H groups in total. The molecule has 0 aromatic heterocycles. The molecule has 7 heteroatoms. The van der Waals surface area contributed by atoms with E-state index in [-0.39, 0.29) is 17.0 Å². The van der Waals surface area contributed by atoms with E-state index in [0.717, 1.165) is 17.7 Å². The van der Waals surface area contributed by atoms with Gasteiger partial charge in [-0.2, -0.15) is 4.31 Å². The van der Waals surface area contributed by atoms with Crippen molar-refractivity contribution < 1.29 is 13.2 Å². The third-order valence-electron chi connectivity index (χ3n) is 4.85. The van der Waals surface area contributed by atoms with Gasteiger partial charge in [0, 0.05) is 36.8 Å². The predicted molar refractivity (Wildman–Crippen MR) is 102 cm³/mol. The van der Waals surface area contributed by atoms with E-state index in [4.69, 9.17) is 16.3 Å². The van der Waals surface area contributed by atoms with Gasteiger partial charge in [0.05, 0.1) is 9.92 Å². The average molecular weight is 393 g/mol. The average Bonchev–Trinajstić information content (AvgIpc) is 3.22. The fourth-order valence-corrected chi connectivity index (χ4v) is 5.52. The Morgan fingerprint density at radius 1 is 1.23 bits per heavy atom. The number of anilines is 1. The fourth-order valence-electron chi connectivity index (χ4n) is 3.59. The molecule has 2 aliphatic rings. The van der Waals surface area contributed by atoms with Gasteiger partial charge >= 0.3 is 0 Å². The zero-order chi connectivity index (χ0) is 18.3. The van der Waals surface area contributed by atoms with E-state index in [1.54, 1.807) is 6.07 Å². The minimum absolute atomic E-state index is 0.0201. The summed E-state index contributed by atoms with van der Waals surface area (Å²) in [4.78, 5) is 0.249. The number of fused-ring (bicyclic) bond motifs is 1.